The van der Waals surface area contributed by atoms with E-state index in [1.165, 1.54) is 7.11 Å². The molecule has 0 spiro atoms. The SMILES string of the molecule is CCCCc1ncc(C(=C(C)C(=O)OC)c2cccs2)n1Cc1ccccc1Cl. The second-order valence-corrected chi connectivity index (χ2v) is 8.16. The number of carbonyl (C=O) groups is 1. The van der Waals surface area contributed by atoms with E-state index in [9.17, 15) is 4.79 Å². The summed E-state index contributed by atoms with van der Waals surface area (Å²) in [5.74, 6) is 0.655. The van der Waals surface area contributed by atoms with Crippen molar-refractivity contribution in [2.75, 3.05) is 7.11 Å². The zero-order valence-electron chi connectivity index (χ0n) is 16.9. The van der Waals surface area contributed by atoms with E-state index in [1.54, 1.807) is 18.3 Å². The molecule has 6 heteroatoms. The molecule has 0 aliphatic rings. The summed E-state index contributed by atoms with van der Waals surface area (Å²) in [6, 6.07) is 11.8. The second-order valence-electron chi connectivity index (χ2n) is 6.81. The second kappa shape index (κ2) is 9.90. The van der Waals surface area contributed by atoms with Crippen molar-refractivity contribution in [2.45, 2.75) is 39.7 Å². The number of hydrogen-bond acceptors (Lipinski definition) is 4. The lowest BCUT2D eigenvalue weighted by atomic mass is 10.0. The highest BCUT2D eigenvalue weighted by atomic mass is 35.5. The van der Waals surface area contributed by atoms with Crippen LogP contribution in [0.3, 0.4) is 0 Å². The fourth-order valence-electron chi connectivity index (χ4n) is 3.30. The summed E-state index contributed by atoms with van der Waals surface area (Å²) in [6.07, 6.45) is 4.87. The molecule has 0 atom stereocenters. The molecule has 1 aromatic carbocycles. The number of methoxy groups -OCH3 is 1. The molecule has 0 amide bonds. The van der Waals surface area contributed by atoms with Crippen molar-refractivity contribution in [3.05, 3.63) is 80.5 Å². The smallest absolute Gasteiger partial charge is 0.334 e. The molecule has 0 aliphatic carbocycles. The molecule has 0 aliphatic heterocycles. The molecule has 3 rings (SSSR count). The van der Waals surface area contributed by atoms with Crippen LogP contribution >= 0.6 is 22.9 Å². The minimum Gasteiger partial charge on any atom is -0.466 e. The Kier molecular flexibility index (Phi) is 7.29. The number of hydrogen-bond donors (Lipinski definition) is 0. The number of aromatic nitrogens is 2. The van der Waals surface area contributed by atoms with Crippen LogP contribution in [0.5, 0.6) is 0 Å². The zero-order chi connectivity index (χ0) is 20.8. The van der Waals surface area contributed by atoms with Gasteiger partial charge in [-0.2, -0.15) is 0 Å². The number of carbonyl (C=O) groups excluding carboxylic acids is 1. The number of unbranched alkanes of at least 4 members (excludes halogenated alkanes) is 1. The molecule has 0 saturated carbocycles. The molecule has 29 heavy (non-hydrogen) atoms. The summed E-state index contributed by atoms with van der Waals surface area (Å²) >= 11 is 8.04. The molecule has 0 fully saturated rings. The van der Waals surface area contributed by atoms with E-state index in [0.717, 1.165) is 51.8 Å². The normalized spacial score (nSPS) is 12.0. The van der Waals surface area contributed by atoms with Crippen molar-refractivity contribution < 1.29 is 9.53 Å². The van der Waals surface area contributed by atoms with Crippen LogP contribution in [0, 0.1) is 0 Å². The fourth-order valence-corrected chi connectivity index (χ4v) is 4.33. The molecular weight excluding hydrogens is 404 g/mol. The molecule has 4 nitrogen and oxygen atoms in total. The van der Waals surface area contributed by atoms with E-state index in [0.29, 0.717) is 12.1 Å². The van der Waals surface area contributed by atoms with Gasteiger partial charge in [-0.05, 0) is 36.4 Å². The monoisotopic (exact) mass is 428 g/mol. The third kappa shape index (κ3) is 4.80. The maximum absolute atomic E-state index is 12.4. The number of ether oxygens (including phenoxy) is 1. The van der Waals surface area contributed by atoms with Gasteiger partial charge in [0.15, 0.2) is 0 Å². The van der Waals surface area contributed by atoms with E-state index in [2.05, 4.69) is 11.5 Å². The number of aryl methyl sites for hydroxylation is 1. The summed E-state index contributed by atoms with van der Waals surface area (Å²) < 4.78 is 7.20. The summed E-state index contributed by atoms with van der Waals surface area (Å²) in [7, 11) is 1.41. The Morgan fingerprint density at radius 1 is 1.24 bits per heavy atom. The van der Waals surface area contributed by atoms with Gasteiger partial charge in [-0.1, -0.05) is 49.2 Å². The Morgan fingerprint density at radius 3 is 2.69 bits per heavy atom. The van der Waals surface area contributed by atoms with Crippen LogP contribution in [0.1, 0.15) is 48.6 Å². The van der Waals surface area contributed by atoms with Crippen LogP contribution in [0.25, 0.3) is 5.57 Å². The predicted octanol–water partition coefficient (Wildman–Crippen LogP) is 5.98. The van der Waals surface area contributed by atoms with Crippen molar-refractivity contribution in [1.29, 1.82) is 0 Å². The third-order valence-corrected chi connectivity index (χ3v) is 6.12. The largest absolute Gasteiger partial charge is 0.466 e. The summed E-state index contributed by atoms with van der Waals surface area (Å²) in [6.45, 7) is 4.57. The first-order chi connectivity index (χ1) is 14.1. The first-order valence-electron chi connectivity index (χ1n) is 9.68. The Hall–Kier alpha value is -2.37. The minimum absolute atomic E-state index is 0.339. The molecule has 0 N–H and O–H groups in total. The molecule has 0 unspecified atom stereocenters. The van der Waals surface area contributed by atoms with Crippen LogP contribution in [-0.4, -0.2) is 22.6 Å². The Balaban J connectivity index is 2.17. The van der Waals surface area contributed by atoms with Gasteiger partial charge in [0.05, 0.1) is 25.5 Å². The van der Waals surface area contributed by atoms with Crippen LogP contribution in [0.2, 0.25) is 5.02 Å². The zero-order valence-corrected chi connectivity index (χ0v) is 18.5. The quantitative estimate of drug-likeness (QED) is 0.327. The average molecular weight is 429 g/mol. The number of rotatable bonds is 8. The number of halogens is 1. The number of thiophene rings is 1. The number of imidazole rings is 1. The van der Waals surface area contributed by atoms with E-state index in [-0.39, 0.29) is 5.97 Å². The average Bonchev–Trinajstić information content (AvgIpc) is 3.39. The van der Waals surface area contributed by atoms with Gasteiger partial charge in [-0.3, -0.25) is 0 Å². The summed E-state index contributed by atoms with van der Waals surface area (Å²) in [5, 5.41) is 2.73. The van der Waals surface area contributed by atoms with E-state index in [4.69, 9.17) is 21.3 Å². The third-order valence-electron chi connectivity index (χ3n) is 4.87. The van der Waals surface area contributed by atoms with Gasteiger partial charge in [-0.15, -0.1) is 11.3 Å². The van der Waals surface area contributed by atoms with Crippen LogP contribution < -0.4 is 0 Å². The number of benzene rings is 1. The van der Waals surface area contributed by atoms with Gasteiger partial charge in [-0.25, -0.2) is 9.78 Å². The number of esters is 1. The number of nitrogens with zero attached hydrogens (tertiary/aromatic N) is 2. The van der Waals surface area contributed by atoms with Crippen molar-refractivity contribution in [1.82, 2.24) is 9.55 Å². The van der Waals surface area contributed by atoms with E-state index < -0.39 is 0 Å². The molecule has 2 heterocycles. The highest BCUT2D eigenvalue weighted by molar-refractivity contribution is 7.11. The van der Waals surface area contributed by atoms with Gasteiger partial charge in [0.1, 0.15) is 5.82 Å². The Bertz CT molecular complexity index is 1010. The highest BCUT2D eigenvalue weighted by Gasteiger charge is 2.22. The maximum atomic E-state index is 12.4. The molecule has 0 radical (unpaired) electrons. The first kappa shape index (κ1) is 21.3. The molecule has 0 saturated heterocycles. The summed E-state index contributed by atoms with van der Waals surface area (Å²) in [4.78, 5) is 18.1. The fraction of sp³-hybridized carbons (Fsp3) is 0.304. The maximum Gasteiger partial charge on any atom is 0.334 e. The molecule has 152 valence electrons. The lowest BCUT2D eigenvalue weighted by Crippen LogP contribution is -2.12. The van der Waals surface area contributed by atoms with Crippen LogP contribution in [-0.2, 0) is 22.5 Å². The minimum atomic E-state index is -0.339. The Morgan fingerprint density at radius 2 is 2.03 bits per heavy atom. The van der Waals surface area contributed by atoms with Crippen LogP contribution in [0.4, 0.5) is 0 Å². The Labute approximate surface area is 180 Å². The van der Waals surface area contributed by atoms with E-state index >= 15 is 0 Å². The van der Waals surface area contributed by atoms with Crippen molar-refractivity contribution in [3.63, 3.8) is 0 Å². The van der Waals surface area contributed by atoms with Gasteiger partial charge in [0, 0.05) is 27.5 Å². The van der Waals surface area contributed by atoms with Crippen molar-refractivity contribution >= 4 is 34.5 Å². The first-order valence-corrected chi connectivity index (χ1v) is 10.9. The molecule has 3 aromatic rings. The highest BCUT2D eigenvalue weighted by Crippen LogP contribution is 2.32. The van der Waals surface area contributed by atoms with Gasteiger partial charge in [0.25, 0.3) is 0 Å². The van der Waals surface area contributed by atoms with E-state index in [1.807, 2.05) is 48.0 Å². The molecule has 0 bridgehead atoms. The van der Waals surface area contributed by atoms with Crippen molar-refractivity contribution in [2.24, 2.45) is 0 Å². The lowest BCUT2D eigenvalue weighted by Gasteiger charge is -2.16. The van der Waals surface area contributed by atoms with Gasteiger partial charge in [0.2, 0.25) is 0 Å². The topological polar surface area (TPSA) is 44.1 Å². The molecular formula is C23H25ClN2O2S. The molecule has 2 aromatic heterocycles. The standard InChI is InChI=1S/C23H25ClN2O2S/c1-4-5-12-21-25-14-19(26(21)15-17-9-6-7-10-18(17)24)22(16(2)23(27)28-3)20-11-8-13-29-20/h6-11,13-14H,4-5,12,15H2,1-3H3. The summed E-state index contributed by atoms with van der Waals surface area (Å²) in [5.41, 5.74) is 3.35. The van der Waals surface area contributed by atoms with Gasteiger partial charge < -0.3 is 9.30 Å². The predicted molar refractivity (Wildman–Crippen MR) is 119 cm³/mol. The van der Waals surface area contributed by atoms with Crippen LogP contribution in [0.15, 0.2) is 53.5 Å². The van der Waals surface area contributed by atoms with Gasteiger partial charge >= 0.3 is 5.97 Å². The lowest BCUT2D eigenvalue weighted by molar-refractivity contribution is -0.135. The van der Waals surface area contributed by atoms with Crippen molar-refractivity contribution in [3.8, 4) is 0 Å².